The van der Waals surface area contributed by atoms with Gasteiger partial charge in [-0.15, -0.1) is 0 Å². The van der Waals surface area contributed by atoms with Gasteiger partial charge in [0.1, 0.15) is 5.15 Å². The molecular formula is C11H18ClN3O. The van der Waals surface area contributed by atoms with Crippen molar-refractivity contribution in [2.45, 2.75) is 38.3 Å². The number of nitrogens with zero attached hydrogens (tertiary/aromatic N) is 2. The van der Waals surface area contributed by atoms with E-state index in [1.807, 2.05) is 14.0 Å². The van der Waals surface area contributed by atoms with Crippen LogP contribution in [0.5, 0.6) is 0 Å². The highest BCUT2D eigenvalue weighted by molar-refractivity contribution is 6.30. The smallest absolute Gasteiger partial charge is 0.130 e. The molecule has 2 atom stereocenters. The van der Waals surface area contributed by atoms with Crippen molar-refractivity contribution in [2.24, 2.45) is 7.05 Å². The van der Waals surface area contributed by atoms with Gasteiger partial charge in [-0.05, 0) is 26.3 Å². The Hall–Kier alpha value is -0.580. The zero-order valence-corrected chi connectivity index (χ0v) is 10.5. The lowest BCUT2D eigenvalue weighted by molar-refractivity contribution is 0.136. The van der Waals surface area contributed by atoms with Crippen LogP contribution in [0.4, 0.5) is 0 Å². The summed E-state index contributed by atoms with van der Waals surface area (Å²) in [5, 5.41) is 18.3. The van der Waals surface area contributed by atoms with Gasteiger partial charge < -0.3 is 10.4 Å². The molecule has 0 radical (unpaired) electrons. The molecular weight excluding hydrogens is 226 g/mol. The number of aliphatic hydroxyl groups excluding tert-OH is 1. The Bertz CT molecular complexity index is 372. The molecule has 0 aromatic carbocycles. The van der Waals surface area contributed by atoms with E-state index in [0.717, 1.165) is 30.6 Å². The second-order valence-corrected chi connectivity index (χ2v) is 4.81. The molecule has 5 heteroatoms. The molecule has 1 aliphatic heterocycles. The van der Waals surface area contributed by atoms with Crippen molar-refractivity contribution < 1.29 is 5.11 Å². The van der Waals surface area contributed by atoms with Gasteiger partial charge in [0.25, 0.3) is 0 Å². The minimum absolute atomic E-state index is 0.204. The molecule has 4 nitrogen and oxygen atoms in total. The van der Waals surface area contributed by atoms with Crippen LogP contribution < -0.4 is 5.32 Å². The summed E-state index contributed by atoms with van der Waals surface area (Å²) in [4.78, 5) is 0. The Balaban J connectivity index is 2.07. The highest BCUT2D eigenvalue weighted by Gasteiger charge is 2.25. The summed E-state index contributed by atoms with van der Waals surface area (Å²) in [5.74, 6) is 0. The van der Waals surface area contributed by atoms with Gasteiger partial charge in [0.05, 0.1) is 11.8 Å². The maximum Gasteiger partial charge on any atom is 0.130 e. The highest BCUT2D eigenvalue weighted by Crippen LogP contribution is 2.22. The summed E-state index contributed by atoms with van der Waals surface area (Å²) in [6.07, 6.45) is 2.39. The number of halogens is 1. The van der Waals surface area contributed by atoms with E-state index in [2.05, 4.69) is 10.4 Å². The summed E-state index contributed by atoms with van der Waals surface area (Å²) in [6.45, 7) is 2.93. The largest absolute Gasteiger partial charge is 0.391 e. The number of hydrogen-bond donors (Lipinski definition) is 2. The minimum atomic E-state index is -0.372. The van der Waals surface area contributed by atoms with Crippen LogP contribution in [-0.2, 0) is 13.5 Å². The normalized spacial score (nSPS) is 22.6. The Morgan fingerprint density at radius 2 is 2.44 bits per heavy atom. The molecule has 90 valence electrons. The lowest BCUT2D eigenvalue weighted by Crippen LogP contribution is -2.36. The quantitative estimate of drug-likeness (QED) is 0.834. The van der Waals surface area contributed by atoms with Crippen molar-refractivity contribution >= 4 is 11.6 Å². The summed E-state index contributed by atoms with van der Waals surface area (Å²) in [5.41, 5.74) is 1.87. The van der Waals surface area contributed by atoms with Crippen LogP contribution in [0.25, 0.3) is 0 Å². The number of aliphatic hydroxyl groups is 1. The third-order valence-electron chi connectivity index (χ3n) is 3.25. The molecule has 0 amide bonds. The van der Waals surface area contributed by atoms with Gasteiger partial charge in [-0.2, -0.15) is 5.10 Å². The Kier molecular flexibility index (Phi) is 3.52. The van der Waals surface area contributed by atoms with E-state index >= 15 is 0 Å². The van der Waals surface area contributed by atoms with Gasteiger partial charge in [-0.25, -0.2) is 0 Å². The number of rotatable bonds is 3. The summed E-state index contributed by atoms with van der Waals surface area (Å²) >= 11 is 6.13. The highest BCUT2D eigenvalue weighted by atomic mass is 35.5. The third kappa shape index (κ3) is 2.24. The van der Waals surface area contributed by atoms with Crippen LogP contribution in [0.1, 0.15) is 24.1 Å². The van der Waals surface area contributed by atoms with Crippen molar-refractivity contribution in [3.05, 3.63) is 16.4 Å². The molecule has 2 N–H and O–H groups in total. The van der Waals surface area contributed by atoms with Crippen molar-refractivity contribution in [3.8, 4) is 0 Å². The van der Waals surface area contributed by atoms with E-state index in [4.69, 9.17) is 11.6 Å². The van der Waals surface area contributed by atoms with E-state index in [0.29, 0.717) is 11.6 Å². The molecule has 2 unspecified atom stereocenters. The van der Waals surface area contributed by atoms with E-state index < -0.39 is 0 Å². The van der Waals surface area contributed by atoms with Crippen LogP contribution in [-0.4, -0.2) is 33.6 Å². The van der Waals surface area contributed by atoms with Gasteiger partial charge in [0.15, 0.2) is 0 Å². The van der Waals surface area contributed by atoms with Crippen molar-refractivity contribution in [1.29, 1.82) is 0 Å². The van der Waals surface area contributed by atoms with Gasteiger partial charge in [0.2, 0.25) is 0 Å². The number of hydrogen-bond acceptors (Lipinski definition) is 3. The predicted octanol–water partition coefficient (Wildman–Crippen LogP) is 1.04. The fourth-order valence-electron chi connectivity index (χ4n) is 2.30. The summed E-state index contributed by atoms with van der Waals surface area (Å²) in [7, 11) is 1.82. The van der Waals surface area contributed by atoms with E-state index in [9.17, 15) is 5.11 Å². The topological polar surface area (TPSA) is 50.1 Å². The first-order chi connectivity index (χ1) is 7.59. The van der Waals surface area contributed by atoms with E-state index in [-0.39, 0.29) is 12.1 Å². The average molecular weight is 244 g/mol. The molecule has 1 saturated heterocycles. The van der Waals surface area contributed by atoms with Gasteiger partial charge in [-0.1, -0.05) is 11.6 Å². The van der Waals surface area contributed by atoms with E-state index in [1.165, 1.54) is 0 Å². The third-order valence-corrected chi connectivity index (χ3v) is 3.72. The lowest BCUT2D eigenvalue weighted by Gasteiger charge is -2.18. The molecule has 1 aromatic heterocycles. The molecule has 1 fully saturated rings. The van der Waals surface area contributed by atoms with Crippen LogP contribution in [0.2, 0.25) is 5.15 Å². The van der Waals surface area contributed by atoms with Crippen LogP contribution >= 0.6 is 11.6 Å². The minimum Gasteiger partial charge on any atom is -0.391 e. The van der Waals surface area contributed by atoms with Crippen LogP contribution in [0, 0.1) is 6.92 Å². The van der Waals surface area contributed by atoms with Gasteiger partial charge in [-0.3, -0.25) is 4.68 Å². The molecule has 1 aromatic rings. The molecule has 2 heterocycles. The Morgan fingerprint density at radius 3 is 2.94 bits per heavy atom. The molecule has 0 aliphatic carbocycles. The zero-order valence-electron chi connectivity index (χ0n) is 9.70. The van der Waals surface area contributed by atoms with Crippen molar-refractivity contribution in [2.75, 3.05) is 6.54 Å². The second kappa shape index (κ2) is 4.73. The molecule has 0 spiro atoms. The Morgan fingerprint density at radius 1 is 1.69 bits per heavy atom. The SMILES string of the molecule is Cc1nn(C)c(Cl)c1CC(O)C1CCCN1. The Labute approximate surface area is 101 Å². The first kappa shape index (κ1) is 11.9. The molecule has 0 saturated carbocycles. The zero-order chi connectivity index (χ0) is 11.7. The number of aryl methyl sites for hydroxylation is 2. The van der Waals surface area contributed by atoms with Crippen molar-refractivity contribution in [1.82, 2.24) is 15.1 Å². The summed E-state index contributed by atoms with van der Waals surface area (Å²) in [6, 6.07) is 0.204. The first-order valence-electron chi connectivity index (χ1n) is 5.69. The number of aromatic nitrogens is 2. The standard InChI is InChI=1S/C11H18ClN3O/c1-7-8(11(12)15(2)14-7)6-10(16)9-4-3-5-13-9/h9-10,13,16H,3-6H2,1-2H3. The first-order valence-corrected chi connectivity index (χ1v) is 6.07. The molecule has 2 rings (SSSR count). The predicted molar refractivity (Wildman–Crippen MR) is 63.7 cm³/mol. The summed E-state index contributed by atoms with van der Waals surface area (Å²) < 4.78 is 1.65. The molecule has 16 heavy (non-hydrogen) atoms. The second-order valence-electron chi connectivity index (χ2n) is 4.45. The lowest BCUT2D eigenvalue weighted by atomic mass is 10.0. The van der Waals surface area contributed by atoms with Gasteiger partial charge >= 0.3 is 0 Å². The van der Waals surface area contributed by atoms with Crippen LogP contribution in [0.15, 0.2) is 0 Å². The van der Waals surface area contributed by atoms with Gasteiger partial charge in [0, 0.05) is 25.1 Å². The average Bonchev–Trinajstić information content (AvgIpc) is 2.83. The fraction of sp³-hybridized carbons (Fsp3) is 0.727. The fourth-order valence-corrected chi connectivity index (χ4v) is 2.55. The maximum atomic E-state index is 10.1. The molecule has 1 aliphatic rings. The monoisotopic (exact) mass is 243 g/mol. The molecule has 0 bridgehead atoms. The van der Waals surface area contributed by atoms with E-state index in [1.54, 1.807) is 4.68 Å². The van der Waals surface area contributed by atoms with Crippen molar-refractivity contribution in [3.63, 3.8) is 0 Å². The number of nitrogens with one attached hydrogen (secondary N) is 1. The maximum absolute atomic E-state index is 10.1. The van der Waals surface area contributed by atoms with Crippen LogP contribution in [0.3, 0.4) is 0 Å².